The van der Waals surface area contributed by atoms with Gasteiger partial charge in [-0.25, -0.2) is 4.57 Å². The number of nitrogens with zero attached hydrogens (tertiary/aromatic N) is 1. The van der Waals surface area contributed by atoms with E-state index in [4.69, 9.17) is 4.74 Å². The number of ether oxygens (including phenoxy) is 1. The van der Waals surface area contributed by atoms with Crippen LogP contribution in [0.3, 0.4) is 0 Å². The number of aryl methyl sites for hydroxylation is 1. The summed E-state index contributed by atoms with van der Waals surface area (Å²) in [7, 11) is 1.66. The number of benzene rings is 1. The molecule has 0 unspecified atom stereocenters. The number of carbonyl (C=O) groups excluding carboxylic acids is 1. The standard InChI is InChI=1S/C19H24N2O2.BrH/c1-23-18-10-8-17(9-11-18)12-13-20-19(22)7-3-6-16-21-14-4-2-5-15-21;/h2,4-5,8-11,14-15H,3,6-7,12-13,16H2,1H3;1H. The molecule has 1 amide bonds. The molecule has 2 aromatic rings. The van der Waals surface area contributed by atoms with Gasteiger partial charge in [-0.15, -0.1) is 0 Å². The van der Waals surface area contributed by atoms with Crippen LogP contribution in [0, 0.1) is 0 Å². The van der Waals surface area contributed by atoms with Crippen molar-refractivity contribution in [3.05, 3.63) is 60.4 Å². The Labute approximate surface area is 154 Å². The summed E-state index contributed by atoms with van der Waals surface area (Å²) in [5, 5.41) is 2.98. The van der Waals surface area contributed by atoms with Crippen molar-refractivity contribution in [3.8, 4) is 5.75 Å². The van der Waals surface area contributed by atoms with E-state index in [0.29, 0.717) is 13.0 Å². The minimum atomic E-state index is 0. The number of carbonyl (C=O) groups is 1. The smallest absolute Gasteiger partial charge is 0.220 e. The molecule has 5 heteroatoms. The SMILES string of the molecule is COc1ccc(CCNC(=O)CCCC[n+]2ccccc2)cc1.[Br-]. The van der Waals surface area contributed by atoms with Gasteiger partial charge in [-0.1, -0.05) is 18.2 Å². The zero-order chi connectivity index (χ0) is 16.3. The van der Waals surface area contributed by atoms with Crippen molar-refractivity contribution in [2.75, 3.05) is 13.7 Å². The minimum Gasteiger partial charge on any atom is -1.00 e. The molecule has 0 fully saturated rings. The normalized spacial score (nSPS) is 9.88. The van der Waals surface area contributed by atoms with Crippen LogP contribution in [-0.4, -0.2) is 19.6 Å². The first-order valence-electron chi connectivity index (χ1n) is 8.11. The van der Waals surface area contributed by atoms with Gasteiger partial charge in [-0.05, 0) is 30.5 Å². The Balaban J connectivity index is 0.00000288. The van der Waals surface area contributed by atoms with Gasteiger partial charge < -0.3 is 27.0 Å². The summed E-state index contributed by atoms with van der Waals surface area (Å²) in [5.41, 5.74) is 1.20. The molecule has 1 heterocycles. The van der Waals surface area contributed by atoms with E-state index < -0.39 is 0 Å². The second kappa shape index (κ2) is 11.6. The maximum Gasteiger partial charge on any atom is 0.220 e. The fourth-order valence-electron chi connectivity index (χ4n) is 2.39. The molecule has 0 aliphatic carbocycles. The number of hydrogen-bond donors (Lipinski definition) is 1. The molecule has 2 rings (SSSR count). The Morgan fingerprint density at radius 2 is 1.79 bits per heavy atom. The molecule has 130 valence electrons. The molecular weight excluding hydrogens is 368 g/mol. The predicted molar refractivity (Wildman–Crippen MR) is 90.2 cm³/mol. The van der Waals surface area contributed by atoms with Crippen LogP contribution in [0.4, 0.5) is 0 Å². The van der Waals surface area contributed by atoms with E-state index in [2.05, 4.69) is 22.3 Å². The molecule has 24 heavy (non-hydrogen) atoms. The lowest BCUT2D eigenvalue weighted by Crippen LogP contribution is -3.00. The van der Waals surface area contributed by atoms with Gasteiger partial charge in [0.05, 0.1) is 7.11 Å². The number of amides is 1. The van der Waals surface area contributed by atoms with E-state index in [1.807, 2.05) is 42.5 Å². The number of unbranched alkanes of at least 4 members (excludes halogenated alkanes) is 1. The van der Waals surface area contributed by atoms with Crippen molar-refractivity contribution < 1.29 is 31.1 Å². The Morgan fingerprint density at radius 1 is 1.08 bits per heavy atom. The van der Waals surface area contributed by atoms with Gasteiger partial charge in [0.15, 0.2) is 12.4 Å². The molecule has 0 saturated heterocycles. The maximum atomic E-state index is 11.8. The zero-order valence-corrected chi connectivity index (χ0v) is 15.7. The van der Waals surface area contributed by atoms with Gasteiger partial charge in [0, 0.05) is 31.5 Å². The topological polar surface area (TPSA) is 42.2 Å². The first-order chi connectivity index (χ1) is 11.3. The first kappa shape index (κ1) is 20.2. The number of hydrogen-bond acceptors (Lipinski definition) is 2. The Kier molecular flexibility index (Phi) is 9.77. The quantitative estimate of drug-likeness (QED) is 0.462. The lowest BCUT2D eigenvalue weighted by Gasteiger charge is -2.06. The second-order valence-corrected chi connectivity index (χ2v) is 5.52. The Morgan fingerprint density at radius 3 is 2.46 bits per heavy atom. The summed E-state index contributed by atoms with van der Waals surface area (Å²) in [5.74, 6) is 0.991. The Hall–Kier alpha value is -1.88. The maximum absolute atomic E-state index is 11.8. The van der Waals surface area contributed by atoms with Crippen molar-refractivity contribution in [2.24, 2.45) is 0 Å². The highest BCUT2D eigenvalue weighted by atomic mass is 79.9. The van der Waals surface area contributed by atoms with Crippen LogP contribution in [0.25, 0.3) is 0 Å². The molecule has 0 saturated carbocycles. The number of halogens is 1. The van der Waals surface area contributed by atoms with Crippen molar-refractivity contribution in [3.63, 3.8) is 0 Å². The van der Waals surface area contributed by atoms with E-state index in [1.54, 1.807) is 7.11 Å². The van der Waals surface area contributed by atoms with Gasteiger partial charge in [0.2, 0.25) is 5.91 Å². The monoisotopic (exact) mass is 392 g/mol. The number of nitrogens with one attached hydrogen (secondary N) is 1. The van der Waals surface area contributed by atoms with Gasteiger partial charge in [0.25, 0.3) is 0 Å². The van der Waals surface area contributed by atoms with Crippen LogP contribution in [0.2, 0.25) is 0 Å². The lowest BCUT2D eigenvalue weighted by atomic mass is 10.1. The second-order valence-electron chi connectivity index (χ2n) is 5.52. The largest absolute Gasteiger partial charge is 1.00 e. The summed E-state index contributed by atoms with van der Waals surface area (Å²) in [6, 6.07) is 14.0. The fourth-order valence-corrected chi connectivity index (χ4v) is 2.39. The summed E-state index contributed by atoms with van der Waals surface area (Å²) in [6.45, 7) is 1.64. The van der Waals surface area contributed by atoms with E-state index in [9.17, 15) is 4.79 Å². The molecule has 1 aromatic heterocycles. The summed E-state index contributed by atoms with van der Waals surface area (Å²) >= 11 is 0. The third kappa shape index (κ3) is 7.59. The van der Waals surface area contributed by atoms with Gasteiger partial charge in [-0.2, -0.15) is 0 Å². The molecule has 0 spiro atoms. The lowest BCUT2D eigenvalue weighted by molar-refractivity contribution is -0.697. The summed E-state index contributed by atoms with van der Waals surface area (Å²) in [6.07, 6.45) is 7.46. The molecule has 1 N–H and O–H groups in total. The van der Waals surface area contributed by atoms with E-state index in [-0.39, 0.29) is 22.9 Å². The van der Waals surface area contributed by atoms with Crippen LogP contribution in [0.15, 0.2) is 54.9 Å². The number of rotatable bonds is 9. The summed E-state index contributed by atoms with van der Waals surface area (Å²) in [4.78, 5) is 11.8. The number of methoxy groups -OCH3 is 1. The molecule has 0 aliphatic rings. The fraction of sp³-hybridized carbons (Fsp3) is 0.368. The van der Waals surface area contributed by atoms with E-state index in [1.165, 1.54) is 5.56 Å². The molecule has 1 aromatic carbocycles. The number of pyridine rings is 1. The first-order valence-corrected chi connectivity index (χ1v) is 8.11. The van der Waals surface area contributed by atoms with Crippen molar-refractivity contribution in [1.82, 2.24) is 5.32 Å². The van der Waals surface area contributed by atoms with Crippen LogP contribution in [0.5, 0.6) is 5.75 Å². The average molecular weight is 393 g/mol. The van der Waals surface area contributed by atoms with E-state index >= 15 is 0 Å². The van der Waals surface area contributed by atoms with E-state index in [0.717, 1.165) is 31.6 Å². The van der Waals surface area contributed by atoms with Crippen LogP contribution < -0.4 is 31.6 Å². The highest BCUT2D eigenvalue weighted by Gasteiger charge is 2.03. The average Bonchev–Trinajstić information content (AvgIpc) is 2.60. The predicted octanol–water partition coefficient (Wildman–Crippen LogP) is -0.484. The van der Waals surface area contributed by atoms with Gasteiger partial charge in [-0.3, -0.25) is 4.79 Å². The molecule has 0 bridgehead atoms. The third-order valence-corrected chi connectivity index (χ3v) is 3.74. The van der Waals surface area contributed by atoms with Crippen LogP contribution in [0.1, 0.15) is 24.8 Å². The zero-order valence-electron chi connectivity index (χ0n) is 14.1. The molecule has 0 aliphatic heterocycles. The van der Waals surface area contributed by atoms with Crippen LogP contribution >= 0.6 is 0 Å². The van der Waals surface area contributed by atoms with Crippen LogP contribution in [-0.2, 0) is 17.8 Å². The van der Waals surface area contributed by atoms with Gasteiger partial charge >= 0.3 is 0 Å². The number of aromatic nitrogens is 1. The summed E-state index contributed by atoms with van der Waals surface area (Å²) < 4.78 is 7.27. The highest BCUT2D eigenvalue weighted by molar-refractivity contribution is 5.75. The van der Waals surface area contributed by atoms with Gasteiger partial charge in [0.1, 0.15) is 12.3 Å². The molecular formula is C19H25BrN2O2. The molecule has 4 nitrogen and oxygen atoms in total. The molecule has 0 atom stereocenters. The van der Waals surface area contributed by atoms with Crippen molar-refractivity contribution >= 4 is 5.91 Å². The molecule has 0 radical (unpaired) electrons. The minimum absolute atomic E-state index is 0. The third-order valence-electron chi connectivity index (χ3n) is 3.74. The van der Waals surface area contributed by atoms with Crippen molar-refractivity contribution in [1.29, 1.82) is 0 Å². The van der Waals surface area contributed by atoms with Crippen molar-refractivity contribution in [2.45, 2.75) is 32.2 Å². The Bertz CT molecular complexity index is 588. The highest BCUT2D eigenvalue weighted by Crippen LogP contribution is 2.11.